The molecule has 0 spiro atoms. The van der Waals surface area contributed by atoms with Crippen LogP contribution < -0.4 is 10.5 Å². The maximum atomic E-state index is 12.2. The van der Waals surface area contributed by atoms with Crippen molar-refractivity contribution in [1.29, 1.82) is 0 Å². The summed E-state index contributed by atoms with van der Waals surface area (Å²) in [4.78, 5) is 16.6. The summed E-state index contributed by atoms with van der Waals surface area (Å²) < 4.78 is 5.58. The lowest BCUT2D eigenvalue weighted by atomic mass is 10.2. The van der Waals surface area contributed by atoms with Crippen LogP contribution in [0, 0.1) is 0 Å². The van der Waals surface area contributed by atoms with Crippen molar-refractivity contribution in [1.82, 2.24) is 9.80 Å². The Morgan fingerprint density at radius 1 is 1.19 bits per heavy atom. The summed E-state index contributed by atoms with van der Waals surface area (Å²) in [5.74, 6) is 0.837. The van der Waals surface area contributed by atoms with Crippen LogP contribution in [-0.4, -0.2) is 54.5 Å². The molecule has 1 saturated carbocycles. The van der Waals surface area contributed by atoms with Crippen molar-refractivity contribution in [3.63, 3.8) is 0 Å². The Morgan fingerprint density at radius 3 is 2.57 bits per heavy atom. The molecule has 0 aromatic heterocycles. The lowest BCUT2D eigenvalue weighted by Gasteiger charge is -2.34. The van der Waals surface area contributed by atoms with E-state index in [9.17, 15) is 4.79 Å². The van der Waals surface area contributed by atoms with Crippen molar-refractivity contribution >= 4 is 11.6 Å². The largest absolute Gasteiger partial charge is 0.491 e. The number of nitrogen functional groups attached to an aromatic ring is 1. The minimum absolute atomic E-state index is 0.181. The first-order valence-corrected chi connectivity index (χ1v) is 7.73. The van der Waals surface area contributed by atoms with Gasteiger partial charge < -0.3 is 15.4 Å². The normalized spacial score (nSPS) is 19.5. The van der Waals surface area contributed by atoms with Crippen molar-refractivity contribution < 1.29 is 9.53 Å². The summed E-state index contributed by atoms with van der Waals surface area (Å²) in [6, 6.07) is 8.17. The number of amides is 1. The number of anilines is 1. The smallest absolute Gasteiger partial charge is 0.226 e. The van der Waals surface area contributed by atoms with Crippen LogP contribution >= 0.6 is 0 Å². The Balaban J connectivity index is 1.39. The summed E-state index contributed by atoms with van der Waals surface area (Å²) in [5, 5.41) is 0. The van der Waals surface area contributed by atoms with Gasteiger partial charge in [0.05, 0.1) is 18.7 Å². The summed E-state index contributed by atoms with van der Waals surface area (Å²) in [5.41, 5.74) is 6.42. The molecule has 1 amide bonds. The average Bonchev–Trinajstić information content (AvgIpc) is 3.34. The van der Waals surface area contributed by atoms with Crippen molar-refractivity contribution in [2.45, 2.75) is 25.3 Å². The molecule has 114 valence electrons. The van der Waals surface area contributed by atoms with Gasteiger partial charge in [-0.2, -0.15) is 0 Å². The fraction of sp³-hybridized carbons (Fsp3) is 0.562. The number of nitrogens with zero attached hydrogens (tertiary/aromatic N) is 2. The minimum atomic E-state index is 0.181. The highest BCUT2D eigenvalue weighted by Crippen LogP contribution is 2.27. The molecule has 1 aromatic rings. The lowest BCUT2D eigenvalue weighted by molar-refractivity contribution is -0.133. The number of para-hydroxylation sites is 2. The fourth-order valence-corrected chi connectivity index (χ4v) is 2.79. The highest BCUT2D eigenvalue weighted by atomic mass is 16.5. The third-order valence-corrected chi connectivity index (χ3v) is 4.22. The molecule has 5 nitrogen and oxygen atoms in total. The summed E-state index contributed by atoms with van der Waals surface area (Å²) >= 11 is 0. The van der Waals surface area contributed by atoms with E-state index in [1.165, 1.54) is 12.8 Å². The van der Waals surface area contributed by atoms with E-state index in [0.717, 1.165) is 32.2 Å². The molecule has 5 heteroatoms. The van der Waals surface area contributed by atoms with Gasteiger partial charge in [-0.25, -0.2) is 0 Å². The molecule has 21 heavy (non-hydrogen) atoms. The first-order chi connectivity index (χ1) is 10.2. The molecule has 2 fully saturated rings. The average molecular weight is 289 g/mol. The molecule has 0 unspecified atom stereocenters. The van der Waals surface area contributed by atoms with E-state index in [0.29, 0.717) is 24.5 Å². The molecule has 1 aromatic carbocycles. The molecule has 0 radical (unpaired) electrons. The number of nitrogens with two attached hydrogens (primary N) is 1. The van der Waals surface area contributed by atoms with Crippen molar-refractivity contribution in [2.75, 3.05) is 38.5 Å². The van der Waals surface area contributed by atoms with Gasteiger partial charge >= 0.3 is 0 Å². The Kier molecular flexibility index (Phi) is 4.29. The molecule has 1 aliphatic carbocycles. The number of rotatable bonds is 5. The number of hydrogen-bond acceptors (Lipinski definition) is 4. The van der Waals surface area contributed by atoms with E-state index in [-0.39, 0.29) is 5.91 Å². The van der Waals surface area contributed by atoms with E-state index in [2.05, 4.69) is 4.90 Å². The van der Waals surface area contributed by atoms with Crippen LogP contribution in [0.3, 0.4) is 0 Å². The molecule has 2 N–H and O–H groups in total. The van der Waals surface area contributed by atoms with Crippen LogP contribution in [-0.2, 0) is 4.79 Å². The van der Waals surface area contributed by atoms with Crippen LogP contribution in [0.15, 0.2) is 24.3 Å². The SMILES string of the molecule is Nc1ccccc1OCCC(=O)N1CCN(C2CC2)CC1. The number of ether oxygens (including phenoxy) is 1. The molecule has 0 atom stereocenters. The number of hydrogen-bond donors (Lipinski definition) is 1. The van der Waals surface area contributed by atoms with Crippen LogP contribution in [0.5, 0.6) is 5.75 Å². The number of benzene rings is 1. The fourth-order valence-electron chi connectivity index (χ4n) is 2.79. The van der Waals surface area contributed by atoms with Gasteiger partial charge in [-0.05, 0) is 25.0 Å². The second kappa shape index (κ2) is 6.35. The molecular formula is C16H23N3O2. The molecule has 2 aliphatic rings. The maximum Gasteiger partial charge on any atom is 0.226 e. The predicted octanol–water partition coefficient (Wildman–Crippen LogP) is 1.34. The molecular weight excluding hydrogens is 266 g/mol. The van der Waals surface area contributed by atoms with Gasteiger partial charge in [0.1, 0.15) is 5.75 Å². The third-order valence-electron chi connectivity index (χ3n) is 4.22. The van der Waals surface area contributed by atoms with Crippen LogP contribution in [0.1, 0.15) is 19.3 Å². The molecule has 1 aliphatic heterocycles. The highest BCUT2D eigenvalue weighted by molar-refractivity contribution is 5.76. The Labute approximate surface area is 125 Å². The van der Waals surface area contributed by atoms with Crippen molar-refractivity contribution in [3.05, 3.63) is 24.3 Å². The number of piperazine rings is 1. The summed E-state index contributed by atoms with van der Waals surface area (Å²) in [6.45, 7) is 4.12. The van der Waals surface area contributed by atoms with Gasteiger partial charge in [0.25, 0.3) is 0 Å². The maximum absolute atomic E-state index is 12.2. The second-order valence-corrected chi connectivity index (χ2v) is 5.78. The summed E-state index contributed by atoms with van der Waals surface area (Å²) in [6.07, 6.45) is 3.08. The number of carbonyl (C=O) groups excluding carboxylic acids is 1. The monoisotopic (exact) mass is 289 g/mol. The highest BCUT2D eigenvalue weighted by Gasteiger charge is 2.32. The van der Waals surface area contributed by atoms with Crippen molar-refractivity contribution in [3.8, 4) is 5.75 Å². The van der Waals surface area contributed by atoms with Gasteiger partial charge in [-0.15, -0.1) is 0 Å². The third kappa shape index (κ3) is 3.67. The van der Waals surface area contributed by atoms with Gasteiger partial charge in [-0.1, -0.05) is 12.1 Å². The summed E-state index contributed by atoms with van der Waals surface area (Å²) in [7, 11) is 0. The van der Waals surface area contributed by atoms with Gasteiger partial charge in [0, 0.05) is 32.2 Å². The van der Waals surface area contributed by atoms with Gasteiger partial charge in [-0.3, -0.25) is 9.69 Å². The van der Waals surface area contributed by atoms with E-state index >= 15 is 0 Å². The first kappa shape index (κ1) is 14.2. The second-order valence-electron chi connectivity index (χ2n) is 5.78. The van der Waals surface area contributed by atoms with E-state index in [1.54, 1.807) is 6.07 Å². The van der Waals surface area contributed by atoms with E-state index in [4.69, 9.17) is 10.5 Å². The Bertz CT molecular complexity index is 494. The zero-order valence-corrected chi connectivity index (χ0v) is 12.3. The van der Waals surface area contributed by atoms with Crippen LogP contribution in [0.25, 0.3) is 0 Å². The van der Waals surface area contributed by atoms with E-state index < -0.39 is 0 Å². The quantitative estimate of drug-likeness (QED) is 0.831. The van der Waals surface area contributed by atoms with Gasteiger partial charge in [0.2, 0.25) is 5.91 Å². The Hall–Kier alpha value is -1.75. The van der Waals surface area contributed by atoms with Crippen LogP contribution in [0.2, 0.25) is 0 Å². The molecule has 1 heterocycles. The molecule has 1 saturated heterocycles. The van der Waals surface area contributed by atoms with Crippen LogP contribution in [0.4, 0.5) is 5.69 Å². The first-order valence-electron chi connectivity index (χ1n) is 7.73. The predicted molar refractivity (Wildman–Crippen MR) is 82.1 cm³/mol. The zero-order valence-electron chi connectivity index (χ0n) is 12.3. The van der Waals surface area contributed by atoms with Gasteiger partial charge in [0.15, 0.2) is 0 Å². The zero-order chi connectivity index (χ0) is 14.7. The number of carbonyl (C=O) groups is 1. The topological polar surface area (TPSA) is 58.8 Å². The van der Waals surface area contributed by atoms with E-state index in [1.807, 2.05) is 23.1 Å². The molecule has 0 bridgehead atoms. The molecule has 3 rings (SSSR count). The lowest BCUT2D eigenvalue weighted by Crippen LogP contribution is -2.49. The Morgan fingerprint density at radius 2 is 1.90 bits per heavy atom. The van der Waals surface area contributed by atoms with Crippen molar-refractivity contribution in [2.24, 2.45) is 0 Å². The minimum Gasteiger partial charge on any atom is -0.491 e. The standard InChI is InChI=1S/C16H23N3O2/c17-14-3-1-2-4-15(14)21-12-7-16(20)19-10-8-18(9-11-19)13-5-6-13/h1-4,13H,5-12,17H2.